The molecule has 0 aromatic heterocycles. The maximum atomic E-state index is 13.2. The normalized spacial score (nSPS) is 30.6. The molecule has 2 aromatic rings. The molecule has 0 spiro atoms. The van der Waals surface area contributed by atoms with Crippen molar-refractivity contribution in [3.05, 3.63) is 48.0 Å². The second kappa shape index (κ2) is 7.36. The molecule has 162 valence electrons. The number of carbonyl (C=O) groups is 3. The minimum Gasteiger partial charge on any atom is -0.352 e. The van der Waals surface area contributed by atoms with E-state index in [-0.39, 0.29) is 18.5 Å². The number of hydrogen-bond donors (Lipinski definition) is 2. The molecule has 2 bridgehead atoms. The lowest BCUT2D eigenvalue weighted by Crippen LogP contribution is -2.47. The Morgan fingerprint density at radius 1 is 1.16 bits per heavy atom. The minimum absolute atomic E-state index is 0.0652. The molecule has 6 heteroatoms. The van der Waals surface area contributed by atoms with Crippen molar-refractivity contribution in [3.8, 4) is 0 Å². The molecule has 2 saturated carbocycles. The van der Waals surface area contributed by atoms with Crippen LogP contribution in [0.2, 0.25) is 0 Å². The molecule has 0 unspecified atom stereocenters. The number of hydrogen-bond acceptors (Lipinski definition) is 3. The Balaban J connectivity index is 1.28. The molecule has 2 aromatic carbocycles. The van der Waals surface area contributed by atoms with E-state index in [9.17, 15) is 14.4 Å². The first-order valence-electron chi connectivity index (χ1n) is 11.3. The van der Waals surface area contributed by atoms with Gasteiger partial charge in [0.15, 0.2) is 0 Å². The highest BCUT2D eigenvalue weighted by Gasteiger charge is 2.50. The summed E-state index contributed by atoms with van der Waals surface area (Å²) in [5.41, 5.74) is -0.472. The second-order valence-corrected chi connectivity index (χ2v) is 9.70. The van der Waals surface area contributed by atoms with E-state index >= 15 is 0 Å². The van der Waals surface area contributed by atoms with Crippen LogP contribution < -0.4 is 10.6 Å². The van der Waals surface area contributed by atoms with Gasteiger partial charge in [0.1, 0.15) is 12.1 Å². The van der Waals surface area contributed by atoms with Crippen LogP contribution in [0.1, 0.15) is 45.1 Å². The largest absolute Gasteiger partial charge is 0.352 e. The summed E-state index contributed by atoms with van der Waals surface area (Å²) in [4.78, 5) is 39.6. The van der Waals surface area contributed by atoms with Crippen LogP contribution >= 0.6 is 0 Å². The van der Waals surface area contributed by atoms with Crippen LogP contribution in [-0.4, -0.2) is 35.3 Å². The molecule has 1 saturated heterocycles. The highest BCUT2D eigenvalue weighted by Crippen LogP contribution is 2.49. The molecule has 5 rings (SSSR count). The molecule has 4 amide bonds. The average molecular weight is 420 g/mol. The SMILES string of the molecule is C[C@H](NC(=O)CN1C(=O)N[C@](C)(c2ccc3ccccc3c2)C1=O)[C@H]1C[C@H]2CC[C@H]1C2. The maximum absolute atomic E-state index is 13.2. The second-order valence-electron chi connectivity index (χ2n) is 9.70. The van der Waals surface area contributed by atoms with Gasteiger partial charge in [-0.2, -0.15) is 0 Å². The number of urea groups is 1. The molecule has 3 aliphatic rings. The first-order chi connectivity index (χ1) is 14.8. The number of nitrogens with one attached hydrogen (secondary N) is 2. The Bertz CT molecular complexity index is 1070. The summed E-state index contributed by atoms with van der Waals surface area (Å²) >= 11 is 0. The molecule has 3 fully saturated rings. The minimum atomic E-state index is -1.18. The molecular weight excluding hydrogens is 390 g/mol. The third kappa shape index (κ3) is 3.38. The van der Waals surface area contributed by atoms with E-state index in [1.807, 2.05) is 49.4 Å². The van der Waals surface area contributed by atoms with Gasteiger partial charge in [-0.3, -0.25) is 14.5 Å². The zero-order valence-corrected chi connectivity index (χ0v) is 18.1. The van der Waals surface area contributed by atoms with Gasteiger partial charge in [-0.25, -0.2) is 4.79 Å². The van der Waals surface area contributed by atoms with Gasteiger partial charge < -0.3 is 10.6 Å². The summed E-state index contributed by atoms with van der Waals surface area (Å²) in [6.45, 7) is 3.50. The van der Waals surface area contributed by atoms with Gasteiger partial charge in [0.25, 0.3) is 5.91 Å². The summed E-state index contributed by atoms with van der Waals surface area (Å²) in [5.74, 6) is 1.35. The monoisotopic (exact) mass is 419 g/mol. The van der Waals surface area contributed by atoms with E-state index < -0.39 is 17.5 Å². The molecule has 2 aliphatic carbocycles. The van der Waals surface area contributed by atoms with Crippen molar-refractivity contribution < 1.29 is 14.4 Å². The summed E-state index contributed by atoms with van der Waals surface area (Å²) in [6, 6.07) is 13.2. The smallest absolute Gasteiger partial charge is 0.325 e. The molecule has 1 heterocycles. The first-order valence-corrected chi connectivity index (χ1v) is 11.3. The molecular formula is C25H29N3O3. The van der Waals surface area contributed by atoms with Crippen molar-refractivity contribution in [2.24, 2.45) is 17.8 Å². The summed E-state index contributed by atoms with van der Waals surface area (Å²) in [6.07, 6.45) is 5.03. The van der Waals surface area contributed by atoms with E-state index in [4.69, 9.17) is 0 Å². The highest BCUT2D eigenvalue weighted by atomic mass is 16.2. The van der Waals surface area contributed by atoms with Crippen molar-refractivity contribution in [1.29, 1.82) is 0 Å². The van der Waals surface area contributed by atoms with Gasteiger partial charge in [-0.1, -0.05) is 42.8 Å². The van der Waals surface area contributed by atoms with Crippen molar-refractivity contribution in [2.75, 3.05) is 6.54 Å². The Morgan fingerprint density at radius 3 is 2.65 bits per heavy atom. The summed E-state index contributed by atoms with van der Waals surface area (Å²) < 4.78 is 0. The van der Waals surface area contributed by atoms with Crippen molar-refractivity contribution in [1.82, 2.24) is 15.5 Å². The van der Waals surface area contributed by atoms with Crippen LogP contribution in [0.4, 0.5) is 4.79 Å². The number of fused-ring (bicyclic) bond motifs is 3. The summed E-state index contributed by atoms with van der Waals surface area (Å²) in [5, 5.41) is 7.92. The van der Waals surface area contributed by atoms with Gasteiger partial charge in [0.2, 0.25) is 5.91 Å². The third-order valence-corrected chi connectivity index (χ3v) is 7.73. The molecule has 5 atom stereocenters. The van der Waals surface area contributed by atoms with E-state index in [0.717, 1.165) is 21.6 Å². The van der Waals surface area contributed by atoms with Gasteiger partial charge in [0.05, 0.1) is 0 Å². The number of benzene rings is 2. The predicted molar refractivity (Wildman–Crippen MR) is 118 cm³/mol. The zero-order chi connectivity index (χ0) is 21.8. The number of rotatable bonds is 5. The number of carbonyl (C=O) groups excluding carboxylic acids is 3. The Labute approximate surface area is 182 Å². The maximum Gasteiger partial charge on any atom is 0.325 e. The van der Waals surface area contributed by atoms with Crippen LogP contribution in [0.15, 0.2) is 42.5 Å². The van der Waals surface area contributed by atoms with Crippen LogP contribution in [0.3, 0.4) is 0 Å². The fourth-order valence-corrected chi connectivity index (χ4v) is 5.99. The quantitative estimate of drug-likeness (QED) is 0.728. The van der Waals surface area contributed by atoms with Gasteiger partial charge in [-0.15, -0.1) is 0 Å². The molecule has 2 N–H and O–H groups in total. The lowest BCUT2D eigenvalue weighted by atomic mass is 9.84. The fraction of sp³-hybridized carbons (Fsp3) is 0.480. The fourth-order valence-electron chi connectivity index (χ4n) is 5.99. The van der Waals surface area contributed by atoms with E-state index in [2.05, 4.69) is 10.6 Å². The van der Waals surface area contributed by atoms with Crippen molar-refractivity contribution in [3.63, 3.8) is 0 Å². The van der Waals surface area contributed by atoms with Crippen LogP contribution in [0, 0.1) is 17.8 Å². The van der Waals surface area contributed by atoms with Gasteiger partial charge in [0, 0.05) is 6.04 Å². The number of amides is 4. The topological polar surface area (TPSA) is 78.5 Å². The zero-order valence-electron chi connectivity index (χ0n) is 18.1. The molecule has 31 heavy (non-hydrogen) atoms. The van der Waals surface area contributed by atoms with Crippen LogP contribution in [0.5, 0.6) is 0 Å². The first kappa shape index (κ1) is 20.0. The van der Waals surface area contributed by atoms with Gasteiger partial charge >= 0.3 is 6.03 Å². The van der Waals surface area contributed by atoms with E-state index in [0.29, 0.717) is 17.4 Å². The van der Waals surface area contributed by atoms with Gasteiger partial charge in [-0.05, 0) is 73.3 Å². The predicted octanol–water partition coefficient (Wildman–Crippen LogP) is 3.55. The number of nitrogens with zero attached hydrogens (tertiary/aromatic N) is 1. The van der Waals surface area contributed by atoms with Crippen molar-refractivity contribution >= 4 is 28.6 Å². The Hall–Kier alpha value is -2.89. The molecule has 1 aliphatic heterocycles. The Morgan fingerprint density at radius 2 is 1.94 bits per heavy atom. The molecule has 0 radical (unpaired) electrons. The third-order valence-electron chi connectivity index (χ3n) is 7.73. The van der Waals surface area contributed by atoms with Crippen LogP contribution in [0.25, 0.3) is 10.8 Å². The standard InChI is InChI=1S/C25H29N3O3/c1-15(21-12-16-7-8-19(21)11-16)26-22(29)14-28-23(30)25(2,27-24(28)31)20-10-9-17-5-3-4-6-18(17)13-20/h3-6,9-10,13,15-16,19,21H,7-8,11-12,14H2,1-2H3,(H,26,29)(H,27,31)/t15-,16-,19-,21+,25+/m0/s1. The average Bonchev–Trinajstić information content (AvgIpc) is 3.45. The lowest BCUT2D eigenvalue weighted by molar-refractivity contribution is -0.135. The van der Waals surface area contributed by atoms with Crippen LogP contribution in [-0.2, 0) is 15.1 Å². The lowest BCUT2D eigenvalue weighted by Gasteiger charge is -2.29. The Kier molecular flexibility index (Phi) is 4.76. The van der Waals surface area contributed by atoms with E-state index in [1.54, 1.807) is 6.92 Å². The summed E-state index contributed by atoms with van der Waals surface area (Å²) in [7, 11) is 0. The van der Waals surface area contributed by atoms with E-state index in [1.165, 1.54) is 25.7 Å². The molecule has 6 nitrogen and oxygen atoms in total. The van der Waals surface area contributed by atoms with Crippen molar-refractivity contribution in [2.45, 2.75) is 51.1 Å². The highest BCUT2D eigenvalue weighted by molar-refractivity contribution is 6.09. The number of imide groups is 1.